The highest BCUT2D eigenvalue weighted by molar-refractivity contribution is 5.92. The number of piperazine rings is 1. The Morgan fingerprint density at radius 3 is 2.43 bits per heavy atom. The van der Waals surface area contributed by atoms with Crippen LogP contribution in [-0.2, 0) is 0 Å². The molecule has 2 fully saturated rings. The third kappa shape index (κ3) is 3.93. The van der Waals surface area contributed by atoms with Gasteiger partial charge in [-0.3, -0.25) is 4.79 Å². The summed E-state index contributed by atoms with van der Waals surface area (Å²) in [5.41, 5.74) is 1.03. The van der Waals surface area contributed by atoms with E-state index in [0.717, 1.165) is 31.8 Å². The van der Waals surface area contributed by atoms with Crippen LogP contribution in [-0.4, -0.2) is 60.0 Å². The van der Waals surface area contributed by atoms with Crippen LogP contribution in [0.3, 0.4) is 0 Å². The predicted octanol–water partition coefficient (Wildman–Crippen LogP) is 2.81. The highest BCUT2D eigenvalue weighted by Gasteiger charge is 2.25. The molecule has 0 unspecified atom stereocenters. The smallest absolute Gasteiger partial charge is 0.272 e. The highest BCUT2D eigenvalue weighted by atomic mass is 19.1. The Labute approximate surface area is 165 Å². The molecule has 148 valence electrons. The maximum atomic E-state index is 14.0. The Hall–Kier alpha value is -2.70. The molecule has 0 spiro atoms. The van der Waals surface area contributed by atoms with Gasteiger partial charge in [-0.15, -0.1) is 0 Å². The highest BCUT2D eigenvalue weighted by Crippen LogP contribution is 2.22. The molecule has 0 bridgehead atoms. The van der Waals surface area contributed by atoms with Crippen molar-refractivity contribution >= 4 is 17.5 Å². The van der Waals surface area contributed by atoms with E-state index in [0.29, 0.717) is 43.5 Å². The van der Waals surface area contributed by atoms with Gasteiger partial charge in [0.15, 0.2) is 0 Å². The molecule has 2 aliphatic heterocycles. The van der Waals surface area contributed by atoms with Crippen molar-refractivity contribution in [2.24, 2.45) is 5.92 Å². The number of hydrogen-bond acceptors (Lipinski definition) is 5. The van der Waals surface area contributed by atoms with E-state index in [1.54, 1.807) is 29.3 Å². The lowest BCUT2D eigenvalue weighted by molar-refractivity contribution is 0.0740. The van der Waals surface area contributed by atoms with E-state index in [-0.39, 0.29) is 11.7 Å². The van der Waals surface area contributed by atoms with Gasteiger partial charge in [-0.2, -0.15) is 0 Å². The summed E-state index contributed by atoms with van der Waals surface area (Å²) in [7, 11) is 0. The summed E-state index contributed by atoms with van der Waals surface area (Å²) in [6.45, 7) is 6.43. The average molecular weight is 383 g/mol. The molecular weight excluding hydrogens is 357 g/mol. The second kappa shape index (κ2) is 8.12. The van der Waals surface area contributed by atoms with E-state index >= 15 is 0 Å². The molecule has 1 amide bonds. The summed E-state index contributed by atoms with van der Waals surface area (Å²) in [6, 6.07) is 8.45. The number of piperidine rings is 1. The quantitative estimate of drug-likeness (QED) is 0.816. The van der Waals surface area contributed by atoms with Crippen molar-refractivity contribution in [1.29, 1.82) is 0 Å². The van der Waals surface area contributed by atoms with E-state index in [2.05, 4.69) is 21.8 Å². The largest absolute Gasteiger partial charge is 0.366 e. The SMILES string of the molecule is CC1CCN(c2nccc(C(=O)N3CCN(c4ccccc4F)CC3)n2)CC1. The van der Waals surface area contributed by atoms with Crippen molar-refractivity contribution in [1.82, 2.24) is 14.9 Å². The summed E-state index contributed by atoms with van der Waals surface area (Å²) in [6.07, 6.45) is 3.92. The first-order chi connectivity index (χ1) is 13.6. The summed E-state index contributed by atoms with van der Waals surface area (Å²) in [4.78, 5) is 27.8. The van der Waals surface area contributed by atoms with Gasteiger partial charge in [0, 0.05) is 45.5 Å². The molecule has 2 saturated heterocycles. The molecule has 0 N–H and O–H groups in total. The van der Waals surface area contributed by atoms with Crippen LogP contribution in [0.5, 0.6) is 0 Å². The normalized spacial score (nSPS) is 18.4. The Kier molecular flexibility index (Phi) is 5.41. The van der Waals surface area contributed by atoms with Crippen LogP contribution in [0.25, 0.3) is 0 Å². The number of benzene rings is 1. The van der Waals surface area contributed by atoms with Crippen molar-refractivity contribution in [3.63, 3.8) is 0 Å². The standard InChI is InChI=1S/C21H26FN5O/c1-16-7-10-27(11-8-16)21-23-9-6-18(24-21)20(28)26-14-12-25(13-15-26)19-5-3-2-4-17(19)22/h2-6,9,16H,7-8,10-15H2,1H3. The molecule has 0 atom stereocenters. The Morgan fingerprint density at radius 2 is 1.71 bits per heavy atom. The van der Waals surface area contributed by atoms with Crippen molar-refractivity contribution in [3.8, 4) is 0 Å². The summed E-state index contributed by atoms with van der Waals surface area (Å²) < 4.78 is 14.0. The zero-order valence-electron chi connectivity index (χ0n) is 16.2. The van der Waals surface area contributed by atoms with Crippen LogP contribution in [0.15, 0.2) is 36.5 Å². The van der Waals surface area contributed by atoms with Gasteiger partial charge in [-0.05, 0) is 37.0 Å². The summed E-state index contributed by atoms with van der Waals surface area (Å²) >= 11 is 0. The van der Waals surface area contributed by atoms with Crippen molar-refractivity contribution in [2.45, 2.75) is 19.8 Å². The maximum Gasteiger partial charge on any atom is 0.272 e. The van der Waals surface area contributed by atoms with E-state index in [9.17, 15) is 9.18 Å². The van der Waals surface area contributed by atoms with E-state index in [1.165, 1.54) is 6.07 Å². The maximum absolute atomic E-state index is 14.0. The van der Waals surface area contributed by atoms with Gasteiger partial charge in [0.1, 0.15) is 11.5 Å². The number of nitrogens with zero attached hydrogens (tertiary/aromatic N) is 5. The monoisotopic (exact) mass is 383 g/mol. The number of aromatic nitrogens is 2. The fraction of sp³-hybridized carbons (Fsp3) is 0.476. The Balaban J connectivity index is 1.40. The molecule has 0 saturated carbocycles. The molecule has 7 heteroatoms. The van der Waals surface area contributed by atoms with Crippen LogP contribution in [0.2, 0.25) is 0 Å². The number of rotatable bonds is 3. The molecule has 1 aromatic heterocycles. The fourth-order valence-corrected chi connectivity index (χ4v) is 3.85. The first-order valence-electron chi connectivity index (χ1n) is 9.98. The molecule has 2 aliphatic rings. The minimum atomic E-state index is -0.224. The summed E-state index contributed by atoms with van der Waals surface area (Å²) in [5.74, 6) is 1.07. The number of halogens is 1. The fourth-order valence-electron chi connectivity index (χ4n) is 3.85. The minimum absolute atomic E-state index is 0.0813. The number of hydrogen-bond donors (Lipinski definition) is 0. The second-order valence-corrected chi connectivity index (χ2v) is 7.64. The average Bonchev–Trinajstić information content (AvgIpc) is 2.74. The van der Waals surface area contributed by atoms with Crippen molar-refractivity contribution in [2.75, 3.05) is 49.1 Å². The molecule has 28 heavy (non-hydrogen) atoms. The number of carbonyl (C=O) groups excluding carboxylic acids is 1. The topological polar surface area (TPSA) is 52.6 Å². The molecule has 3 heterocycles. The first kappa shape index (κ1) is 18.7. The van der Waals surface area contributed by atoms with Gasteiger partial charge in [-0.25, -0.2) is 14.4 Å². The van der Waals surface area contributed by atoms with Gasteiger partial charge >= 0.3 is 0 Å². The van der Waals surface area contributed by atoms with Crippen LogP contribution < -0.4 is 9.80 Å². The van der Waals surface area contributed by atoms with Gasteiger partial charge in [0.05, 0.1) is 5.69 Å². The lowest BCUT2D eigenvalue weighted by Crippen LogP contribution is -2.49. The molecule has 2 aromatic rings. The second-order valence-electron chi connectivity index (χ2n) is 7.64. The minimum Gasteiger partial charge on any atom is -0.366 e. The number of amides is 1. The third-order valence-electron chi connectivity index (χ3n) is 5.69. The van der Waals surface area contributed by atoms with Gasteiger partial charge < -0.3 is 14.7 Å². The zero-order chi connectivity index (χ0) is 19.5. The van der Waals surface area contributed by atoms with Crippen molar-refractivity contribution in [3.05, 3.63) is 48.0 Å². The molecule has 0 aliphatic carbocycles. The molecule has 4 rings (SSSR count). The van der Waals surface area contributed by atoms with Crippen molar-refractivity contribution < 1.29 is 9.18 Å². The van der Waals surface area contributed by atoms with Gasteiger partial charge in [-0.1, -0.05) is 19.1 Å². The molecular formula is C21H26FN5O. The van der Waals surface area contributed by atoms with E-state index in [1.807, 2.05) is 11.0 Å². The van der Waals surface area contributed by atoms with Gasteiger partial charge in [0.2, 0.25) is 5.95 Å². The van der Waals surface area contributed by atoms with E-state index < -0.39 is 0 Å². The third-order valence-corrected chi connectivity index (χ3v) is 5.69. The van der Waals surface area contributed by atoms with Gasteiger partial charge in [0.25, 0.3) is 5.91 Å². The lowest BCUT2D eigenvalue weighted by atomic mass is 10.00. The van der Waals surface area contributed by atoms with Crippen LogP contribution in [0.4, 0.5) is 16.0 Å². The molecule has 1 aromatic carbocycles. The lowest BCUT2D eigenvalue weighted by Gasteiger charge is -2.36. The van der Waals surface area contributed by atoms with Crippen LogP contribution in [0, 0.1) is 11.7 Å². The first-order valence-corrected chi connectivity index (χ1v) is 9.98. The summed E-state index contributed by atoms with van der Waals surface area (Å²) in [5, 5.41) is 0. The van der Waals surface area contributed by atoms with Crippen LogP contribution in [0.1, 0.15) is 30.3 Å². The molecule has 0 radical (unpaired) electrons. The van der Waals surface area contributed by atoms with E-state index in [4.69, 9.17) is 0 Å². The Bertz CT molecular complexity index is 829. The zero-order valence-corrected chi connectivity index (χ0v) is 16.2. The number of para-hydroxylation sites is 1. The molecule has 6 nitrogen and oxygen atoms in total. The van der Waals surface area contributed by atoms with Crippen LogP contribution >= 0.6 is 0 Å². The number of carbonyl (C=O) groups is 1. The Morgan fingerprint density at radius 1 is 1.00 bits per heavy atom. The number of anilines is 2. The predicted molar refractivity (Wildman–Crippen MR) is 107 cm³/mol.